The third kappa shape index (κ3) is 4.54. The number of carbonyl (C=O) groups is 1. The third-order valence-corrected chi connectivity index (χ3v) is 4.06. The molecule has 1 aliphatic rings. The van der Waals surface area contributed by atoms with E-state index in [0.29, 0.717) is 28.2 Å². The Balaban J connectivity index is 1.78. The number of ether oxygens (including phenoxy) is 1. The van der Waals surface area contributed by atoms with Crippen LogP contribution < -0.4 is 10.6 Å². The molecule has 1 fully saturated rings. The fourth-order valence-electron chi connectivity index (χ4n) is 2.26. The van der Waals surface area contributed by atoms with Crippen LogP contribution in [0.3, 0.4) is 0 Å². The zero-order valence-corrected chi connectivity index (χ0v) is 12.8. The van der Waals surface area contributed by atoms with E-state index >= 15 is 0 Å². The Morgan fingerprint density at radius 1 is 1.40 bits per heavy atom. The minimum atomic E-state index is -0.234. The Hall–Kier alpha value is -0.970. The van der Waals surface area contributed by atoms with Crippen LogP contribution in [0.5, 0.6) is 0 Å². The standard InChI is InChI=1S/C14H18Cl2N2O2/c1-9-6-10(4-5-20-9)8-17-14(19)18-11-2-3-12(15)13(16)7-11/h2-3,7,9-10H,4-6,8H2,1H3,(H2,17,18,19)/t9-,10-/m1/s1. The molecular weight excluding hydrogens is 299 g/mol. The van der Waals surface area contributed by atoms with Gasteiger partial charge in [-0.15, -0.1) is 0 Å². The summed E-state index contributed by atoms with van der Waals surface area (Å²) in [5.41, 5.74) is 0.622. The lowest BCUT2D eigenvalue weighted by molar-refractivity contribution is 0.00354. The SMILES string of the molecule is C[C@@H]1C[C@H](CNC(=O)Nc2ccc(Cl)c(Cl)c2)CCO1. The predicted molar refractivity (Wildman–Crippen MR) is 81.6 cm³/mol. The van der Waals surface area contributed by atoms with Crippen LogP contribution >= 0.6 is 23.2 Å². The van der Waals surface area contributed by atoms with E-state index in [-0.39, 0.29) is 12.1 Å². The van der Waals surface area contributed by atoms with Crippen molar-refractivity contribution in [2.45, 2.75) is 25.9 Å². The molecule has 0 radical (unpaired) electrons. The molecule has 1 aromatic rings. The van der Waals surface area contributed by atoms with Gasteiger partial charge < -0.3 is 15.4 Å². The van der Waals surface area contributed by atoms with Gasteiger partial charge in [-0.3, -0.25) is 0 Å². The van der Waals surface area contributed by atoms with Gasteiger partial charge in [0, 0.05) is 18.8 Å². The maximum absolute atomic E-state index is 11.8. The second kappa shape index (κ2) is 7.16. The maximum Gasteiger partial charge on any atom is 0.319 e. The van der Waals surface area contributed by atoms with Gasteiger partial charge in [0.05, 0.1) is 16.1 Å². The van der Waals surface area contributed by atoms with Crippen LogP contribution in [0.1, 0.15) is 19.8 Å². The minimum absolute atomic E-state index is 0.234. The molecule has 0 spiro atoms. The predicted octanol–water partition coefficient (Wildman–Crippen LogP) is 3.93. The topological polar surface area (TPSA) is 50.4 Å². The first-order valence-corrected chi connectivity index (χ1v) is 7.41. The van der Waals surface area contributed by atoms with Crippen LogP contribution in [0.2, 0.25) is 10.0 Å². The van der Waals surface area contributed by atoms with Crippen LogP contribution in [0.4, 0.5) is 10.5 Å². The molecule has 2 rings (SSSR count). The van der Waals surface area contributed by atoms with Crippen molar-refractivity contribution in [2.75, 3.05) is 18.5 Å². The van der Waals surface area contributed by atoms with Crippen molar-refractivity contribution >= 4 is 34.9 Å². The summed E-state index contributed by atoms with van der Waals surface area (Å²) in [6, 6.07) is 4.76. The molecule has 6 heteroatoms. The lowest BCUT2D eigenvalue weighted by Gasteiger charge is -2.27. The van der Waals surface area contributed by atoms with Crippen LogP contribution in [0.25, 0.3) is 0 Å². The lowest BCUT2D eigenvalue weighted by atomic mass is 9.96. The molecule has 1 aliphatic heterocycles. The van der Waals surface area contributed by atoms with Crippen molar-refractivity contribution in [3.05, 3.63) is 28.2 Å². The average Bonchev–Trinajstić information content (AvgIpc) is 2.41. The quantitative estimate of drug-likeness (QED) is 0.887. The Morgan fingerprint density at radius 2 is 2.20 bits per heavy atom. The van der Waals surface area contributed by atoms with E-state index in [2.05, 4.69) is 17.6 Å². The molecule has 1 heterocycles. The summed E-state index contributed by atoms with van der Waals surface area (Å²) in [7, 11) is 0. The van der Waals surface area contributed by atoms with E-state index in [4.69, 9.17) is 27.9 Å². The molecule has 1 saturated heterocycles. The van der Waals surface area contributed by atoms with Gasteiger partial charge in [-0.2, -0.15) is 0 Å². The summed E-state index contributed by atoms with van der Waals surface area (Å²) >= 11 is 11.7. The second-order valence-corrected chi connectivity index (χ2v) is 5.85. The van der Waals surface area contributed by atoms with E-state index in [1.54, 1.807) is 18.2 Å². The molecular formula is C14H18Cl2N2O2. The first kappa shape index (κ1) is 15.4. The van der Waals surface area contributed by atoms with E-state index in [1.165, 1.54) is 0 Å². The van der Waals surface area contributed by atoms with Gasteiger partial charge in [0.1, 0.15) is 0 Å². The maximum atomic E-state index is 11.8. The van der Waals surface area contributed by atoms with Gasteiger partial charge in [0.15, 0.2) is 0 Å². The molecule has 110 valence electrons. The molecule has 2 atom stereocenters. The van der Waals surface area contributed by atoms with Crippen molar-refractivity contribution in [1.29, 1.82) is 0 Å². The first-order chi connectivity index (χ1) is 9.54. The van der Waals surface area contributed by atoms with Gasteiger partial charge in [0.25, 0.3) is 0 Å². The number of rotatable bonds is 3. The zero-order valence-electron chi connectivity index (χ0n) is 11.3. The van der Waals surface area contributed by atoms with E-state index in [0.717, 1.165) is 19.4 Å². The number of halogens is 2. The minimum Gasteiger partial charge on any atom is -0.378 e. The molecule has 0 saturated carbocycles. The molecule has 0 aromatic heterocycles. The third-order valence-electron chi connectivity index (χ3n) is 3.32. The largest absolute Gasteiger partial charge is 0.378 e. The van der Waals surface area contributed by atoms with Crippen LogP contribution in [-0.2, 0) is 4.74 Å². The molecule has 2 amide bonds. The summed E-state index contributed by atoms with van der Waals surface area (Å²) in [5.74, 6) is 0.471. The summed E-state index contributed by atoms with van der Waals surface area (Å²) in [5, 5.41) is 6.50. The summed E-state index contributed by atoms with van der Waals surface area (Å²) in [6.07, 6.45) is 2.23. The first-order valence-electron chi connectivity index (χ1n) is 6.66. The smallest absolute Gasteiger partial charge is 0.319 e. The van der Waals surface area contributed by atoms with Gasteiger partial charge in [-0.05, 0) is 43.9 Å². The number of anilines is 1. The van der Waals surface area contributed by atoms with Crippen molar-refractivity contribution in [3.8, 4) is 0 Å². The molecule has 20 heavy (non-hydrogen) atoms. The zero-order chi connectivity index (χ0) is 14.5. The van der Waals surface area contributed by atoms with Gasteiger partial charge in [-0.25, -0.2) is 4.79 Å². The normalized spacial score (nSPS) is 22.4. The number of benzene rings is 1. The van der Waals surface area contributed by atoms with E-state index in [1.807, 2.05) is 0 Å². The van der Waals surface area contributed by atoms with Crippen LogP contribution in [-0.4, -0.2) is 25.3 Å². The van der Waals surface area contributed by atoms with Crippen molar-refractivity contribution in [2.24, 2.45) is 5.92 Å². The summed E-state index contributed by atoms with van der Waals surface area (Å²) < 4.78 is 5.48. The summed E-state index contributed by atoms with van der Waals surface area (Å²) in [6.45, 7) is 3.48. The number of urea groups is 1. The number of hydrogen-bond donors (Lipinski definition) is 2. The fraction of sp³-hybridized carbons (Fsp3) is 0.500. The molecule has 1 aromatic carbocycles. The van der Waals surface area contributed by atoms with Crippen molar-refractivity contribution < 1.29 is 9.53 Å². The Labute approximate surface area is 128 Å². The van der Waals surface area contributed by atoms with Gasteiger partial charge in [-0.1, -0.05) is 23.2 Å². The van der Waals surface area contributed by atoms with E-state index < -0.39 is 0 Å². The lowest BCUT2D eigenvalue weighted by Crippen LogP contribution is -2.36. The van der Waals surface area contributed by atoms with Crippen molar-refractivity contribution in [1.82, 2.24) is 5.32 Å². The van der Waals surface area contributed by atoms with Crippen LogP contribution in [0.15, 0.2) is 18.2 Å². The average molecular weight is 317 g/mol. The molecule has 2 N–H and O–H groups in total. The highest BCUT2D eigenvalue weighted by molar-refractivity contribution is 6.42. The number of hydrogen-bond acceptors (Lipinski definition) is 2. The Morgan fingerprint density at radius 3 is 2.90 bits per heavy atom. The van der Waals surface area contributed by atoms with Crippen molar-refractivity contribution in [3.63, 3.8) is 0 Å². The number of carbonyl (C=O) groups excluding carboxylic acids is 1. The Bertz CT molecular complexity index is 482. The monoisotopic (exact) mass is 316 g/mol. The van der Waals surface area contributed by atoms with E-state index in [9.17, 15) is 4.79 Å². The fourth-order valence-corrected chi connectivity index (χ4v) is 2.56. The molecule has 0 aliphatic carbocycles. The number of nitrogens with one attached hydrogen (secondary N) is 2. The van der Waals surface area contributed by atoms with Gasteiger partial charge in [0.2, 0.25) is 0 Å². The molecule has 4 nitrogen and oxygen atoms in total. The second-order valence-electron chi connectivity index (χ2n) is 5.04. The molecule has 0 bridgehead atoms. The molecule has 0 unspecified atom stereocenters. The number of amides is 2. The summed E-state index contributed by atoms with van der Waals surface area (Å²) in [4.78, 5) is 11.8. The Kier molecular flexibility index (Phi) is 5.52. The van der Waals surface area contributed by atoms with Crippen LogP contribution in [0, 0.1) is 5.92 Å². The van der Waals surface area contributed by atoms with Gasteiger partial charge >= 0.3 is 6.03 Å². The highest BCUT2D eigenvalue weighted by Crippen LogP contribution is 2.25. The highest BCUT2D eigenvalue weighted by Gasteiger charge is 2.19. The highest BCUT2D eigenvalue weighted by atomic mass is 35.5.